The fourth-order valence-electron chi connectivity index (χ4n) is 4.43. The van der Waals surface area contributed by atoms with Gasteiger partial charge in [-0.05, 0) is 17.7 Å². The summed E-state index contributed by atoms with van der Waals surface area (Å²) in [5, 5.41) is 12.0. The minimum Gasteiger partial charge on any atom is -0.492 e. The lowest BCUT2D eigenvalue weighted by molar-refractivity contribution is 0.110. The number of hydrogen-bond donors (Lipinski definition) is 0. The van der Waals surface area contributed by atoms with Crippen LogP contribution in [0.1, 0.15) is 5.82 Å². The molecule has 7 nitrogen and oxygen atoms in total. The van der Waals surface area contributed by atoms with Crippen LogP contribution in [0.4, 0.5) is 0 Å². The molecule has 178 valence electrons. The average molecular weight is 486 g/mol. The van der Waals surface area contributed by atoms with Gasteiger partial charge in [-0.1, -0.05) is 48.5 Å². The molecular formula is C27H27N5O2S. The van der Waals surface area contributed by atoms with E-state index in [1.807, 2.05) is 66.0 Å². The van der Waals surface area contributed by atoms with Crippen molar-refractivity contribution in [2.45, 2.75) is 13.1 Å². The van der Waals surface area contributed by atoms with Gasteiger partial charge < -0.3 is 4.74 Å². The molecule has 5 rings (SSSR count). The molecule has 1 aliphatic heterocycles. The van der Waals surface area contributed by atoms with Crippen LogP contribution in [0.25, 0.3) is 21.3 Å². The molecular weight excluding hydrogens is 458 g/mol. The Hall–Kier alpha value is -3.51. The molecule has 2 aromatic carbocycles. The Kier molecular flexibility index (Phi) is 7.19. The Labute approximate surface area is 208 Å². The lowest BCUT2D eigenvalue weighted by atomic mass is 10.1. The van der Waals surface area contributed by atoms with E-state index in [0.717, 1.165) is 54.4 Å². The van der Waals surface area contributed by atoms with E-state index in [1.165, 1.54) is 11.3 Å². The summed E-state index contributed by atoms with van der Waals surface area (Å²) >= 11 is 1.49. The Morgan fingerprint density at radius 1 is 0.971 bits per heavy atom. The summed E-state index contributed by atoms with van der Waals surface area (Å²) in [5.41, 5.74) is 1.73. The Morgan fingerprint density at radius 2 is 1.66 bits per heavy atom. The fraction of sp³-hybridized carbons (Fsp3) is 0.296. The van der Waals surface area contributed by atoms with E-state index in [-0.39, 0.29) is 12.1 Å². The summed E-state index contributed by atoms with van der Waals surface area (Å²) in [5.74, 6) is 1.55. The first-order valence-corrected chi connectivity index (χ1v) is 12.7. The van der Waals surface area contributed by atoms with Crippen LogP contribution in [-0.4, -0.2) is 58.7 Å². The van der Waals surface area contributed by atoms with Crippen molar-refractivity contribution in [3.8, 4) is 22.9 Å². The van der Waals surface area contributed by atoms with Crippen molar-refractivity contribution in [2.24, 2.45) is 0 Å². The van der Waals surface area contributed by atoms with Gasteiger partial charge in [-0.25, -0.2) is 4.98 Å². The number of piperazine rings is 1. The number of thiophene rings is 1. The van der Waals surface area contributed by atoms with Crippen LogP contribution in [0.5, 0.6) is 5.75 Å². The molecule has 3 heterocycles. The number of nitriles is 1. The van der Waals surface area contributed by atoms with E-state index in [0.29, 0.717) is 24.4 Å². The first-order chi connectivity index (χ1) is 17.2. The summed E-state index contributed by atoms with van der Waals surface area (Å²) in [7, 11) is 0. The molecule has 0 aliphatic carbocycles. The van der Waals surface area contributed by atoms with E-state index in [2.05, 4.69) is 15.9 Å². The second-order valence-electron chi connectivity index (χ2n) is 8.55. The molecule has 0 atom stereocenters. The lowest BCUT2D eigenvalue weighted by Gasteiger charge is -2.34. The van der Waals surface area contributed by atoms with Crippen molar-refractivity contribution in [2.75, 3.05) is 39.3 Å². The third kappa shape index (κ3) is 5.28. The van der Waals surface area contributed by atoms with Crippen molar-refractivity contribution in [3.63, 3.8) is 0 Å². The number of nitrogens with zero attached hydrogens (tertiary/aromatic N) is 5. The van der Waals surface area contributed by atoms with Crippen LogP contribution >= 0.6 is 11.3 Å². The summed E-state index contributed by atoms with van der Waals surface area (Å²) < 4.78 is 7.37. The van der Waals surface area contributed by atoms with E-state index in [9.17, 15) is 10.1 Å². The topological polar surface area (TPSA) is 74.4 Å². The zero-order chi connectivity index (χ0) is 24.0. The van der Waals surface area contributed by atoms with Crippen LogP contribution in [0.3, 0.4) is 0 Å². The number of aromatic nitrogens is 2. The summed E-state index contributed by atoms with van der Waals surface area (Å²) in [6.45, 7) is 5.71. The van der Waals surface area contributed by atoms with Crippen LogP contribution in [-0.2, 0) is 13.1 Å². The highest BCUT2D eigenvalue weighted by atomic mass is 32.1. The number of para-hydroxylation sites is 1. The number of rotatable bonds is 8. The van der Waals surface area contributed by atoms with Crippen LogP contribution in [0.2, 0.25) is 0 Å². The largest absolute Gasteiger partial charge is 0.492 e. The van der Waals surface area contributed by atoms with Crippen molar-refractivity contribution in [3.05, 3.63) is 82.2 Å². The number of benzene rings is 2. The molecule has 1 aliphatic rings. The second-order valence-corrected chi connectivity index (χ2v) is 9.41. The van der Waals surface area contributed by atoms with Gasteiger partial charge in [0.1, 0.15) is 29.6 Å². The molecule has 8 heteroatoms. The zero-order valence-corrected chi connectivity index (χ0v) is 20.3. The quantitative estimate of drug-likeness (QED) is 0.378. The Morgan fingerprint density at radius 3 is 2.37 bits per heavy atom. The molecule has 4 aromatic rings. The fourth-order valence-corrected chi connectivity index (χ4v) is 5.39. The van der Waals surface area contributed by atoms with Crippen molar-refractivity contribution >= 4 is 21.6 Å². The van der Waals surface area contributed by atoms with Gasteiger partial charge in [-0.2, -0.15) is 5.26 Å². The SMILES string of the molecule is N#CCn1c(CN2CCN(CCOc3ccccc3)CC2)nc2scc(-c3ccccc3)c2c1=O. The normalized spacial score (nSPS) is 14.7. The average Bonchev–Trinajstić information content (AvgIpc) is 3.33. The van der Waals surface area contributed by atoms with Crippen molar-refractivity contribution in [1.82, 2.24) is 19.4 Å². The number of fused-ring (bicyclic) bond motifs is 1. The van der Waals surface area contributed by atoms with Crippen LogP contribution < -0.4 is 10.3 Å². The lowest BCUT2D eigenvalue weighted by Crippen LogP contribution is -2.47. The molecule has 0 saturated carbocycles. The maximum absolute atomic E-state index is 13.5. The highest BCUT2D eigenvalue weighted by Crippen LogP contribution is 2.31. The predicted octanol–water partition coefficient (Wildman–Crippen LogP) is 3.85. The first-order valence-electron chi connectivity index (χ1n) is 11.8. The minimum atomic E-state index is -0.136. The molecule has 0 bridgehead atoms. The smallest absolute Gasteiger partial charge is 0.263 e. The van der Waals surface area contributed by atoms with Gasteiger partial charge in [0, 0.05) is 43.7 Å². The molecule has 0 radical (unpaired) electrons. The van der Waals surface area contributed by atoms with Gasteiger partial charge in [0.2, 0.25) is 0 Å². The third-order valence-electron chi connectivity index (χ3n) is 6.34. The molecule has 0 spiro atoms. The van der Waals surface area contributed by atoms with E-state index < -0.39 is 0 Å². The van der Waals surface area contributed by atoms with Gasteiger partial charge in [0.25, 0.3) is 5.56 Å². The molecule has 1 saturated heterocycles. The summed E-state index contributed by atoms with van der Waals surface area (Å²) in [4.78, 5) is 23.7. The van der Waals surface area contributed by atoms with Crippen molar-refractivity contribution in [1.29, 1.82) is 5.26 Å². The van der Waals surface area contributed by atoms with Gasteiger partial charge in [0.15, 0.2) is 0 Å². The number of hydrogen-bond acceptors (Lipinski definition) is 7. The molecule has 35 heavy (non-hydrogen) atoms. The first kappa shape index (κ1) is 23.2. The summed E-state index contributed by atoms with van der Waals surface area (Å²) in [6, 6.07) is 21.9. The van der Waals surface area contributed by atoms with E-state index in [4.69, 9.17) is 9.72 Å². The predicted molar refractivity (Wildman–Crippen MR) is 139 cm³/mol. The highest BCUT2D eigenvalue weighted by Gasteiger charge is 2.21. The molecule has 0 amide bonds. The minimum absolute atomic E-state index is 0.00201. The summed E-state index contributed by atoms with van der Waals surface area (Å²) in [6.07, 6.45) is 0. The maximum Gasteiger partial charge on any atom is 0.263 e. The van der Waals surface area contributed by atoms with Gasteiger partial charge >= 0.3 is 0 Å². The van der Waals surface area contributed by atoms with Gasteiger partial charge in [0.05, 0.1) is 18.0 Å². The van der Waals surface area contributed by atoms with Crippen molar-refractivity contribution < 1.29 is 4.74 Å². The maximum atomic E-state index is 13.5. The second kappa shape index (κ2) is 10.8. The zero-order valence-electron chi connectivity index (χ0n) is 19.5. The highest BCUT2D eigenvalue weighted by molar-refractivity contribution is 7.17. The van der Waals surface area contributed by atoms with E-state index >= 15 is 0 Å². The standard InChI is InChI=1S/C27H27N5O2S/c28-11-12-32-24(29-26-25(27(32)33)23(20-35-26)21-7-3-1-4-8-21)19-31-15-13-30(14-16-31)17-18-34-22-9-5-2-6-10-22/h1-10,20H,12-19H2. The molecule has 1 fully saturated rings. The van der Waals surface area contributed by atoms with Crippen LogP contribution in [0, 0.1) is 11.3 Å². The Balaban J connectivity index is 1.27. The Bertz CT molecular complexity index is 1370. The van der Waals surface area contributed by atoms with E-state index in [1.54, 1.807) is 4.57 Å². The van der Waals surface area contributed by atoms with Crippen LogP contribution in [0.15, 0.2) is 70.8 Å². The molecule has 0 unspecified atom stereocenters. The monoisotopic (exact) mass is 485 g/mol. The van der Waals surface area contributed by atoms with Gasteiger partial charge in [-0.15, -0.1) is 11.3 Å². The number of ether oxygens (including phenoxy) is 1. The molecule has 0 N–H and O–H groups in total. The van der Waals surface area contributed by atoms with Gasteiger partial charge in [-0.3, -0.25) is 19.2 Å². The third-order valence-corrected chi connectivity index (χ3v) is 7.21. The molecule has 2 aromatic heterocycles.